The van der Waals surface area contributed by atoms with E-state index < -0.39 is 12.0 Å². The Bertz CT molecular complexity index is 692. The first kappa shape index (κ1) is 14.9. The topological polar surface area (TPSA) is 84.1 Å². The van der Waals surface area contributed by atoms with Gasteiger partial charge >= 0.3 is 5.97 Å². The fraction of sp³-hybridized carbons (Fsp3) is 0.400. The third-order valence-corrected chi connectivity index (χ3v) is 3.70. The molecule has 0 saturated carbocycles. The van der Waals surface area contributed by atoms with Gasteiger partial charge in [-0.15, -0.1) is 0 Å². The van der Waals surface area contributed by atoms with Crippen molar-refractivity contribution in [2.45, 2.75) is 33.7 Å². The van der Waals surface area contributed by atoms with Crippen molar-refractivity contribution in [3.8, 4) is 6.07 Å². The highest BCUT2D eigenvalue weighted by atomic mass is 16.5. The first-order chi connectivity index (χ1) is 9.93. The summed E-state index contributed by atoms with van der Waals surface area (Å²) in [5, 5.41) is 12.2. The maximum Gasteiger partial charge on any atom is 0.334 e. The number of aromatic nitrogens is 1. The molecule has 0 saturated heterocycles. The molecule has 2 rings (SSSR count). The zero-order valence-electron chi connectivity index (χ0n) is 12.5. The minimum atomic E-state index is -0.848. The average molecular weight is 287 g/mol. The van der Waals surface area contributed by atoms with Crippen LogP contribution in [0.25, 0.3) is 0 Å². The Morgan fingerprint density at radius 3 is 2.67 bits per heavy atom. The molecule has 1 aromatic rings. The van der Waals surface area contributed by atoms with E-state index in [-0.39, 0.29) is 12.4 Å². The molecule has 1 aliphatic heterocycles. The lowest BCUT2D eigenvalue weighted by Crippen LogP contribution is -2.31. The van der Waals surface area contributed by atoms with Gasteiger partial charge in [0.05, 0.1) is 12.2 Å². The van der Waals surface area contributed by atoms with E-state index in [0.717, 1.165) is 11.3 Å². The quantitative estimate of drug-likeness (QED) is 0.859. The number of carbonyl (C=O) groups excluding carboxylic acids is 2. The number of hydrogen-bond donors (Lipinski definition) is 1. The van der Waals surface area contributed by atoms with Crippen LogP contribution in [0.3, 0.4) is 0 Å². The van der Waals surface area contributed by atoms with E-state index in [0.29, 0.717) is 17.0 Å². The molecule has 1 N–H and O–H groups in total. The summed E-state index contributed by atoms with van der Waals surface area (Å²) in [6.07, 6.45) is 1.49. The molecule has 0 fully saturated rings. The first-order valence-electron chi connectivity index (χ1n) is 6.69. The van der Waals surface area contributed by atoms with Gasteiger partial charge in [0, 0.05) is 17.5 Å². The SMILES string of the molecule is CCOC(=O)C1C(C(C)=O)=CNc2c(C#N)c(C)c(C)n21. The third-order valence-electron chi connectivity index (χ3n) is 3.70. The number of ether oxygens (including phenoxy) is 1. The number of ketones is 1. The summed E-state index contributed by atoms with van der Waals surface area (Å²) in [5.74, 6) is -0.185. The molecule has 1 aromatic heterocycles. The number of nitrogens with zero attached hydrogens (tertiary/aromatic N) is 2. The van der Waals surface area contributed by atoms with Crippen LogP contribution < -0.4 is 5.32 Å². The largest absolute Gasteiger partial charge is 0.464 e. The minimum Gasteiger partial charge on any atom is -0.464 e. The maximum atomic E-state index is 12.3. The van der Waals surface area contributed by atoms with Crippen LogP contribution in [0.4, 0.5) is 5.82 Å². The molecule has 110 valence electrons. The number of Topliss-reactive ketones (excluding diaryl/α,β-unsaturated/α-hetero) is 1. The molecule has 0 radical (unpaired) electrons. The zero-order valence-corrected chi connectivity index (χ0v) is 12.5. The van der Waals surface area contributed by atoms with Crippen molar-refractivity contribution in [1.29, 1.82) is 5.26 Å². The minimum absolute atomic E-state index is 0.213. The van der Waals surface area contributed by atoms with Gasteiger partial charge in [-0.2, -0.15) is 5.26 Å². The van der Waals surface area contributed by atoms with Gasteiger partial charge in [-0.05, 0) is 33.3 Å². The normalized spacial score (nSPS) is 16.3. The number of esters is 1. The summed E-state index contributed by atoms with van der Waals surface area (Å²) >= 11 is 0. The van der Waals surface area contributed by atoms with Gasteiger partial charge < -0.3 is 14.6 Å². The van der Waals surface area contributed by atoms with E-state index in [1.54, 1.807) is 11.5 Å². The Morgan fingerprint density at radius 2 is 2.14 bits per heavy atom. The van der Waals surface area contributed by atoms with Crippen LogP contribution in [0.1, 0.15) is 36.7 Å². The molecule has 1 atom stereocenters. The van der Waals surface area contributed by atoms with Crippen LogP contribution in [0.5, 0.6) is 0 Å². The second-order valence-electron chi connectivity index (χ2n) is 4.87. The van der Waals surface area contributed by atoms with E-state index in [4.69, 9.17) is 4.74 Å². The second-order valence-corrected chi connectivity index (χ2v) is 4.87. The van der Waals surface area contributed by atoms with E-state index >= 15 is 0 Å². The average Bonchev–Trinajstić information content (AvgIpc) is 2.69. The number of anilines is 1. The fourth-order valence-electron chi connectivity index (χ4n) is 2.54. The highest BCUT2D eigenvalue weighted by Crippen LogP contribution is 2.36. The molecule has 6 nitrogen and oxygen atoms in total. The lowest BCUT2D eigenvalue weighted by atomic mass is 10.0. The van der Waals surface area contributed by atoms with E-state index in [2.05, 4.69) is 11.4 Å². The number of hydrogen-bond acceptors (Lipinski definition) is 5. The van der Waals surface area contributed by atoms with Crippen LogP contribution in [-0.2, 0) is 14.3 Å². The summed E-state index contributed by atoms with van der Waals surface area (Å²) in [4.78, 5) is 24.1. The van der Waals surface area contributed by atoms with Crippen LogP contribution >= 0.6 is 0 Å². The summed E-state index contributed by atoms with van der Waals surface area (Å²) in [6.45, 7) is 6.98. The summed E-state index contributed by atoms with van der Waals surface area (Å²) in [6, 6.07) is 1.28. The van der Waals surface area contributed by atoms with Gasteiger partial charge in [0.2, 0.25) is 0 Å². The molecule has 0 amide bonds. The van der Waals surface area contributed by atoms with Crippen molar-refractivity contribution >= 4 is 17.6 Å². The summed E-state index contributed by atoms with van der Waals surface area (Å²) < 4.78 is 6.76. The Labute approximate surface area is 123 Å². The van der Waals surface area contributed by atoms with Crippen LogP contribution in [0, 0.1) is 25.2 Å². The fourth-order valence-corrected chi connectivity index (χ4v) is 2.54. The van der Waals surface area contributed by atoms with Gasteiger partial charge in [-0.3, -0.25) is 4.79 Å². The smallest absolute Gasteiger partial charge is 0.334 e. The molecule has 6 heteroatoms. The van der Waals surface area contributed by atoms with Crippen LogP contribution in [0.2, 0.25) is 0 Å². The van der Waals surface area contributed by atoms with Crippen molar-refractivity contribution in [3.63, 3.8) is 0 Å². The zero-order chi connectivity index (χ0) is 15.7. The molecule has 0 aliphatic carbocycles. The predicted octanol–water partition coefficient (Wildman–Crippen LogP) is 1.98. The molecular weight excluding hydrogens is 270 g/mol. The van der Waals surface area contributed by atoms with Crippen molar-refractivity contribution in [2.24, 2.45) is 0 Å². The van der Waals surface area contributed by atoms with Gasteiger partial charge in [0.1, 0.15) is 11.9 Å². The van der Waals surface area contributed by atoms with Gasteiger partial charge in [0.25, 0.3) is 0 Å². The highest BCUT2D eigenvalue weighted by molar-refractivity contribution is 6.01. The number of nitriles is 1. The molecule has 1 unspecified atom stereocenters. The molecule has 0 spiro atoms. The third kappa shape index (κ3) is 2.21. The van der Waals surface area contributed by atoms with Gasteiger partial charge in [-0.1, -0.05) is 0 Å². The van der Waals surface area contributed by atoms with Crippen LogP contribution in [0.15, 0.2) is 11.8 Å². The molecular formula is C15H17N3O3. The highest BCUT2D eigenvalue weighted by Gasteiger charge is 2.36. The van der Waals surface area contributed by atoms with Gasteiger partial charge in [-0.25, -0.2) is 4.79 Å². The Kier molecular flexibility index (Phi) is 3.85. The number of nitrogens with one attached hydrogen (secondary N) is 1. The van der Waals surface area contributed by atoms with E-state index in [9.17, 15) is 14.9 Å². The lowest BCUT2D eigenvalue weighted by Gasteiger charge is -2.27. The Morgan fingerprint density at radius 1 is 1.48 bits per heavy atom. The number of fused-ring (bicyclic) bond motifs is 1. The Hall–Kier alpha value is -2.55. The molecule has 0 bridgehead atoms. The predicted molar refractivity (Wildman–Crippen MR) is 76.7 cm³/mol. The molecule has 0 aromatic carbocycles. The molecule has 2 heterocycles. The molecule has 21 heavy (non-hydrogen) atoms. The number of rotatable bonds is 3. The summed E-state index contributed by atoms with van der Waals surface area (Å²) in [7, 11) is 0. The van der Waals surface area contributed by atoms with Gasteiger partial charge in [0.15, 0.2) is 11.8 Å². The Balaban J connectivity index is 2.67. The van der Waals surface area contributed by atoms with Crippen molar-refractivity contribution in [2.75, 3.05) is 11.9 Å². The van der Waals surface area contributed by atoms with E-state index in [1.807, 2.05) is 13.8 Å². The summed E-state index contributed by atoms with van der Waals surface area (Å²) in [5.41, 5.74) is 2.34. The number of carbonyl (C=O) groups is 2. The second kappa shape index (κ2) is 5.44. The standard InChI is InChI=1S/C15H17N3O3/c1-5-21-15(20)13-12(10(4)19)7-17-14-11(6-16)8(2)9(3)18(13)14/h7,13,17H,5H2,1-4H3. The first-order valence-corrected chi connectivity index (χ1v) is 6.69. The lowest BCUT2D eigenvalue weighted by molar-refractivity contribution is -0.146. The monoisotopic (exact) mass is 287 g/mol. The van der Waals surface area contributed by atoms with E-state index in [1.165, 1.54) is 13.1 Å². The molecule has 1 aliphatic rings. The van der Waals surface area contributed by atoms with Crippen molar-refractivity contribution in [3.05, 3.63) is 28.6 Å². The van der Waals surface area contributed by atoms with Crippen molar-refractivity contribution < 1.29 is 14.3 Å². The van der Waals surface area contributed by atoms with Crippen molar-refractivity contribution in [1.82, 2.24) is 4.57 Å². The maximum absolute atomic E-state index is 12.3. The van der Waals surface area contributed by atoms with Crippen LogP contribution in [-0.4, -0.2) is 22.9 Å².